The number of hydrogen-bond donors (Lipinski definition) is 1. The number of hydrogen-bond acceptors (Lipinski definition) is 2. The molecule has 1 aromatic carbocycles. The summed E-state index contributed by atoms with van der Waals surface area (Å²) < 4.78 is 0. The summed E-state index contributed by atoms with van der Waals surface area (Å²) in [5.74, 6) is 1.29. The van der Waals surface area contributed by atoms with Crippen molar-refractivity contribution in [3.05, 3.63) is 29.3 Å². The Bertz CT molecular complexity index is 329. The van der Waals surface area contributed by atoms with Crippen LogP contribution in [-0.4, -0.2) is 17.0 Å². The second-order valence-corrected chi connectivity index (χ2v) is 5.84. The molecule has 3 heteroatoms. The van der Waals surface area contributed by atoms with Gasteiger partial charge in [0.05, 0.1) is 10.7 Å². The average Bonchev–Trinajstić information content (AvgIpc) is 2.24. The molecule has 0 spiro atoms. The highest BCUT2D eigenvalue weighted by Gasteiger charge is 2.21. The van der Waals surface area contributed by atoms with Crippen molar-refractivity contribution in [2.75, 3.05) is 11.1 Å². The maximum atomic E-state index is 6.12. The van der Waals surface area contributed by atoms with Gasteiger partial charge in [0.25, 0.3) is 0 Å². The molecule has 0 bridgehead atoms. The van der Waals surface area contributed by atoms with Gasteiger partial charge in [-0.2, -0.15) is 11.8 Å². The molecule has 0 aromatic heterocycles. The van der Waals surface area contributed by atoms with Crippen LogP contribution in [0.15, 0.2) is 24.3 Å². The average molecular weight is 242 g/mol. The lowest BCUT2D eigenvalue weighted by molar-refractivity contribution is 0.617. The summed E-state index contributed by atoms with van der Waals surface area (Å²) in [6, 6.07) is 8.53. The molecule has 1 aromatic rings. The maximum Gasteiger partial charge on any atom is 0.0637 e. The van der Waals surface area contributed by atoms with Crippen LogP contribution in [0.2, 0.25) is 5.02 Å². The highest BCUT2D eigenvalue weighted by molar-refractivity contribution is 8.00. The molecule has 0 amide bonds. The van der Waals surface area contributed by atoms with Crippen LogP contribution >= 0.6 is 23.4 Å². The Balaban J connectivity index is 2.04. The van der Waals surface area contributed by atoms with Gasteiger partial charge in [-0.3, -0.25) is 0 Å². The highest BCUT2D eigenvalue weighted by atomic mass is 35.5. The quantitative estimate of drug-likeness (QED) is 0.839. The van der Waals surface area contributed by atoms with Crippen LogP contribution in [0.4, 0.5) is 5.69 Å². The van der Waals surface area contributed by atoms with Crippen molar-refractivity contribution in [3.63, 3.8) is 0 Å². The van der Waals surface area contributed by atoms with Crippen LogP contribution in [-0.2, 0) is 0 Å². The summed E-state index contributed by atoms with van der Waals surface area (Å²) >= 11 is 8.17. The van der Waals surface area contributed by atoms with Gasteiger partial charge < -0.3 is 5.32 Å². The second-order valence-electron chi connectivity index (χ2n) is 3.95. The molecule has 1 saturated heterocycles. The van der Waals surface area contributed by atoms with Gasteiger partial charge in [-0.15, -0.1) is 0 Å². The molecule has 0 aliphatic carbocycles. The maximum absolute atomic E-state index is 6.12. The van der Waals surface area contributed by atoms with Gasteiger partial charge >= 0.3 is 0 Å². The van der Waals surface area contributed by atoms with Crippen LogP contribution in [0.5, 0.6) is 0 Å². The zero-order chi connectivity index (χ0) is 10.7. The number of rotatable bonds is 2. The van der Waals surface area contributed by atoms with E-state index in [0.717, 1.165) is 10.7 Å². The van der Waals surface area contributed by atoms with E-state index >= 15 is 0 Å². The summed E-state index contributed by atoms with van der Waals surface area (Å²) in [4.78, 5) is 0. The predicted octanol–water partition coefficient (Wildman–Crippen LogP) is 4.04. The summed E-state index contributed by atoms with van der Waals surface area (Å²) in [6.45, 7) is 2.29. The molecular weight excluding hydrogens is 226 g/mol. The first-order chi connectivity index (χ1) is 7.27. The zero-order valence-electron chi connectivity index (χ0n) is 8.87. The molecular formula is C12H16ClNS. The third-order valence-electron chi connectivity index (χ3n) is 2.82. The van der Waals surface area contributed by atoms with Gasteiger partial charge in [-0.1, -0.05) is 30.7 Å². The number of halogens is 1. The van der Waals surface area contributed by atoms with Crippen molar-refractivity contribution in [2.24, 2.45) is 0 Å². The first-order valence-corrected chi connectivity index (χ1v) is 6.83. The molecule has 2 atom stereocenters. The van der Waals surface area contributed by atoms with E-state index in [1.807, 2.05) is 36.0 Å². The van der Waals surface area contributed by atoms with Crippen LogP contribution in [0.1, 0.15) is 19.8 Å². The molecule has 0 saturated carbocycles. The minimum Gasteiger partial charge on any atom is -0.380 e. The molecule has 0 radical (unpaired) electrons. The van der Waals surface area contributed by atoms with Crippen molar-refractivity contribution in [3.8, 4) is 0 Å². The van der Waals surface area contributed by atoms with Gasteiger partial charge in [0.1, 0.15) is 0 Å². The molecule has 1 fully saturated rings. The number of benzene rings is 1. The normalized spacial score (nSPS) is 26.3. The summed E-state index contributed by atoms with van der Waals surface area (Å²) in [5.41, 5.74) is 1.07. The van der Waals surface area contributed by atoms with E-state index < -0.39 is 0 Å². The Morgan fingerprint density at radius 2 is 2.20 bits per heavy atom. The van der Waals surface area contributed by atoms with Crippen LogP contribution < -0.4 is 5.32 Å². The van der Waals surface area contributed by atoms with Crippen molar-refractivity contribution in [2.45, 2.75) is 31.1 Å². The predicted molar refractivity (Wildman–Crippen MR) is 70.0 cm³/mol. The topological polar surface area (TPSA) is 12.0 Å². The fourth-order valence-electron chi connectivity index (χ4n) is 1.89. The van der Waals surface area contributed by atoms with Crippen molar-refractivity contribution < 1.29 is 0 Å². The minimum atomic E-state index is 0.559. The Kier molecular flexibility index (Phi) is 3.81. The Labute approximate surface area is 101 Å². The van der Waals surface area contributed by atoms with Gasteiger partial charge in [-0.05, 0) is 30.7 Å². The molecule has 2 rings (SSSR count). The molecule has 1 heterocycles. The molecule has 1 N–H and O–H groups in total. The first-order valence-electron chi connectivity index (χ1n) is 5.40. The van der Waals surface area contributed by atoms with Crippen LogP contribution in [0.3, 0.4) is 0 Å². The largest absolute Gasteiger partial charge is 0.380 e. The zero-order valence-corrected chi connectivity index (χ0v) is 10.4. The molecule has 1 aliphatic heterocycles. The fourth-order valence-corrected chi connectivity index (χ4v) is 3.22. The summed E-state index contributed by atoms with van der Waals surface area (Å²) in [7, 11) is 0. The standard InChI is InChI=1S/C12H16ClNS/c1-9-11(7-4-8-15-9)14-12-6-3-2-5-10(12)13/h2-3,5-6,9,11,14H,4,7-8H2,1H3. The number of anilines is 1. The summed E-state index contributed by atoms with van der Waals surface area (Å²) in [5, 5.41) is 5.04. The van der Waals surface area contributed by atoms with E-state index in [-0.39, 0.29) is 0 Å². The lowest BCUT2D eigenvalue weighted by atomic mass is 10.1. The molecule has 82 valence electrons. The molecule has 15 heavy (non-hydrogen) atoms. The molecule has 1 nitrogen and oxygen atoms in total. The fraction of sp³-hybridized carbons (Fsp3) is 0.500. The lowest BCUT2D eigenvalue weighted by Crippen LogP contribution is -2.32. The Morgan fingerprint density at radius 1 is 1.40 bits per heavy atom. The van der Waals surface area contributed by atoms with Crippen LogP contribution in [0.25, 0.3) is 0 Å². The molecule has 2 unspecified atom stereocenters. The van der Waals surface area contributed by atoms with E-state index in [2.05, 4.69) is 12.2 Å². The van der Waals surface area contributed by atoms with Gasteiger partial charge in [0, 0.05) is 11.3 Å². The minimum absolute atomic E-state index is 0.559. The van der Waals surface area contributed by atoms with Gasteiger partial charge in [0.2, 0.25) is 0 Å². The second kappa shape index (κ2) is 5.13. The lowest BCUT2D eigenvalue weighted by Gasteiger charge is -2.30. The van der Waals surface area contributed by atoms with Crippen molar-refractivity contribution in [1.82, 2.24) is 0 Å². The van der Waals surface area contributed by atoms with Crippen molar-refractivity contribution in [1.29, 1.82) is 0 Å². The first kappa shape index (κ1) is 11.2. The van der Waals surface area contributed by atoms with E-state index in [0.29, 0.717) is 11.3 Å². The number of thioether (sulfide) groups is 1. The number of nitrogens with one attached hydrogen (secondary N) is 1. The summed E-state index contributed by atoms with van der Waals surface area (Å²) in [6.07, 6.45) is 2.55. The van der Waals surface area contributed by atoms with Crippen molar-refractivity contribution >= 4 is 29.1 Å². The van der Waals surface area contributed by atoms with E-state index in [4.69, 9.17) is 11.6 Å². The van der Waals surface area contributed by atoms with Gasteiger partial charge in [0.15, 0.2) is 0 Å². The molecule has 1 aliphatic rings. The SMILES string of the molecule is CC1SCCCC1Nc1ccccc1Cl. The van der Waals surface area contributed by atoms with E-state index in [9.17, 15) is 0 Å². The Hall–Kier alpha value is -0.340. The smallest absolute Gasteiger partial charge is 0.0637 e. The van der Waals surface area contributed by atoms with Gasteiger partial charge in [-0.25, -0.2) is 0 Å². The van der Waals surface area contributed by atoms with Crippen LogP contribution in [0, 0.1) is 0 Å². The third kappa shape index (κ3) is 2.82. The van der Waals surface area contributed by atoms with E-state index in [1.165, 1.54) is 18.6 Å². The number of para-hydroxylation sites is 1. The monoisotopic (exact) mass is 241 g/mol. The third-order valence-corrected chi connectivity index (χ3v) is 4.53. The highest BCUT2D eigenvalue weighted by Crippen LogP contribution is 2.29. The Morgan fingerprint density at radius 3 is 2.93 bits per heavy atom. The van der Waals surface area contributed by atoms with E-state index in [1.54, 1.807) is 0 Å².